The molecule has 1 fully saturated rings. The van der Waals surface area contributed by atoms with Crippen LogP contribution in [0, 0.1) is 17.0 Å². The van der Waals surface area contributed by atoms with Gasteiger partial charge in [-0.1, -0.05) is 78.4 Å². The van der Waals surface area contributed by atoms with Gasteiger partial charge in [-0.2, -0.15) is 0 Å². The molecule has 0 saturated carbocycles. The van der Waals surface area contributed by atoms with Crippen LogP contribution < -0.4 is 4.74 Å². The summed E-state index contributed by atoms with van der Waals surface area (Å²) in [6.45, 7) is 2.64. The van der Waals surface area contributed by atoms with Gasteiger partial charge in [-0.25, -0.2) is 4.99 Å². The fourth-order valence-corrected chi connectivity index (χ4v) is 5.76. The van der Waals surface area contributed by atoms with Crippen molar-refractivity contribution in [3.05, 3.63) is 153 Å². The van der Waals surface area contributed by atoms with E-state index in [1.54, 1.807) is 17.0 Å². The zero-order chi connectivity index (χ0) is 29.8. The molecule has 43 heavy (non-hydrogen) atoms. The Bertz CT molecular complexity index is 1870. The molecule has 6 rings (SSSR count). The van der Waals surface area contributed by atoms with Gasteiger partial charge in [0.15, 0.2) is 5.17 Å². The summed E-state index contributed by atoms with van der Waals surface area (Å²) >= 11 is 1.34. The Morgan fingerprint density at radius 2 is 1.58 bits per heavy atom. The number of fused-ring (bicyclic) bond motifs is 1. The van der Waals surface area contributed by atoms with Gasteiger partial charge in [-0.05, 0) is 77.0 Å². The molecule has 8 heteroatoms. The number of hydrogen-bond donors (Lipinski definition) is 0. The highest BCUT2D eigenvalue weighted by Gasteiger charge is 2.34. The van der Waals surface area contributed by atoms with Crippen molar-refractivity contribution in [1.82, 2.24) is 4.90 Å². The lowest BCUT2D eigenvalue weighted by Gasteiger charge is -2.16. The van der Waals surface area contributed by atoms with Crippen LogP contribution in [0.3, 0.4) is 0 Å². The third-order valence-electron chi connectivity index (χ3n) is 7.08. The first-order valence-electron chi connectivity index (χ1n) is 13.7. The van der Waals surface area contributed by atoms with Crippen molar-refractivity contribution in [2.24, 2.45) is 4.99 Å². The quantitative estimate of drug-likeness (QED) is 0.104. The second-order valence-corrected chi connectivity index (χ2v) is 11.1. The van der Waals surface area contributed by atoms with Crippen LogP contribution in [-0.2, 0) is 17.9 Å². The molecular formula is C35H27N3O4S. The number of hydrogen-bond acceptors (Lipinski definition) is 6. The third kappa shape index (κ3) is 6.34. The topological polar surface area (TPSA) is 85.0 Å². The Kier molecular flexibility index (Phi) is 8.02. The molecule has 5 aromatic rings. The average molecular weight is 586 g/mol. The van der Waals surface area contributed by atoms with Crippen molar-refractivity contribution >= 4 is 51.1 Å². The number of nitro benzene ring substituents is 1. The number of amides is 1. The number of benzene rings is 5. The summed E-state index contributed by atoms with van der Waals surface area (Å²) in [5.41, 5.74) is 4.53. The van der Waals surface area contributed by atoms with Gasteiger partial charge >= 0.3 is 0 Å². The van der Waals surface area contributed by atoms with E-state index in [9.17, 15) is 14.9 Å². The first kappa shape index (κ1) is 27.9. The predicted octanol–water partition coefficient (Wildman–Crippen LogP) is 8.44. The number of carbonyl (C=O) groups excluding carboxylic acids is 1. The molecule has 1 saturated heterocycles. The number of aliphatic imine (C=N–C) groups is 1. The van der Waals surface area contributed by atoms with Gasteiger partial charge in [0.1, 0.15) is 12.4 Å². The highest BCUT2D eigenvalue weighted by Crippen LogP contribution is 2.39. The first-order chi connectivity index (χ1) is 20.9. The molecule has 0 bridgehead atoms. The second-order valence-electron chi connectivity index (χ2n) is 10.1. The van der Waals surface area contributed by atoms with Crippen LogP contribution in [0.25, 0.3) is 16.8 Å². The summed E-state index contributed by atoms with van der Waals surface area (Å²) in [6.07, 6.45) is 1.89. The number of ether oxygens (including phenoxy) is 1. The molecule has 0 spiro atoms. The van der Waals surface area contributed by atoms with E-state index in [4.69, 9.17) is 9.73 Å². The zero-order valence-electron chi connectivity index (χ0n) is 23.3. The molecule has 1 heterocycles. The number of nitrogens with zero attached hydrogens (tertiary/aromatic N) is 3. The van der Waals surface area contributed by atoms with Crippen molar-refractivity contribution in [2.45, 2.75) is 20.1 Å². The van der Waals surface area contributed by atoms with E-state index >= 15 is 0 Å². The number of nitro groups is 1. The molecule has 1 amide bonds. The van der Waals surface area contributed by atoms with Crippen LogP contribution in [0.15, 0.2) is 125 Å². The van der Waals surface area contributed by atoms with E-state index in [-0.39, 0.29) is 18.2 Å². The van der Waals surface area contributed by atoms with Gasteiger partial charge in [0, 0.05) is 17.7 Å². The Morgan fingerprint density at radius 1 is 0.860 bits per heavy atom. The molecule has 0 N–H and O–H groups in total. The molecule has 1 aliphatic rings. The van der Waals surface area contributed by atoms with E-state index in [0.717, 1.165) is 38.7 Å². The molecule has 7 nitrogen and oxygen atoms in total. The molecule has 1 aliphatic heterocycles. The van der Waals surface area contributed by atoms with Crippen LogP contribution in [0.4, 0.5) is 11.4 Å². The molecule has 0 atom stereocenters. The number of amidine groups is 1. The summed E-state index contributed by atoms with van der Waals surface area (Å²) in [5, 5.41) is 13.6. The van der Waals surface area contributed by atoms with Crippen molar-refractivity contribution < 1.29 is 14.5 Å². The molecule has 0 radical (unpaired) electrons. The van der Waals surface area contributed by atoms with Crippen molar-refractivity contribution in [3.8, 4) is 5.75 Å². The van der Waals surface area contributed by atoms with Gasteiger partial charge in [0.25, 0.3) is 11.6 Å². The molecule has 212 valence electrons. The van der Waals surface area contributed by atoms with E-state index in [0.29, 0.717) is 22.4 Å². The van der Waals surface area contributed by atoms with E-state index < -0.39 is 4.92 Å². The number of thioether (sulfide) groups is 1. The first-order valence-corrected chi connectivity index (χ1v) is 14.5. The van der Waals surface area contributed by atoms with E-state index in [1.165, 1.54) is 23.9 Å². The lowest BCUT2D eigenvalue weighted by atomic mass is 10.0. The fourth-order valence-electron chi connectivity index (χ4n) is 4.78. The van der Waals surface area contributed by atoms with Gasteiger partial charge in [0.2, 0.25) is 0 Å². The maximum atomic E-state index is 13.9. The van der Waals surface area contributed by atoms with E-state index in [2.05, 4.69) is 0 Å². The minimum absolute atomic E-state index is 0.0276. The fraction of sp³-hybridized carbons (Fsp3) is 0.0857. The summed E-state index contributed by atoms with van der Waals surface area (Å²) < 4.78 is 6.25. The summed E-state index contributed by atoms with van der Waals surface area (Å²) in [7, 11) is 0. The molecule has 5 aromatic carbocycles. The predicted molar refractivity (Wildman–Crippen MR) is 172 cm³/mol. The van der Waals surface area contributed by atoms with Crippen LogP contribution in [-0.4, -0.2) is 20.9 Å². The van der Waals surface area contributed by atoms with Crippen LogP contribution >= 0.6 is 11.8 Å². The SMILES string of the molecule is Cc1ccc(N=C2S/C(=C/c3c(OCc4ccc([N+](=O)[O-])cc4)ccc4ccccc34)C(=O)N2Cc2ccccc2)cc1. The van der Waals surface area contributed by atoms with Crippen molar-refractivity contribution in [3.63, 3.8) is 0 Å². The monoisotopic (exact) mass is 585 g/mol. The molecule has 0 aliphatic carbocycles. The lowest BCUT2D eigenvalue weighted by molar-refractivity contribution is -0.384. The van der Waals surface area contributed by atoms with Crippen LogP contribution in [0.5, 0.6) is 5.75 Å². The number of carbonyl (C=O) groups is 1. The Morgan fingerprint density at radius 3 is 2.33 bits per heavy atom. The maximum Gasteiger partial charge on any atom is 0.269 e. The van der Waals surface area contributed by atoms with Gasteiger partial charge in [-0.3, -0.25) is 19.8 Å². The second kappa shape index (κ2) is 12.3. The largest absolute Gasteiger partial charge is 0.488 e. The Balaban J connectivity index is 1.37. The minimum atomic E-state index is -0.425. The van der Waals surface area contributed by atoms with Crippen molar-refractivity contribution in [2.75, 3.05) is 0 Å². The Labute approximate surface area is 253 Å². The average Bonchev–Trinajstić information content (AvgIpc) is 3.31. The summed E-state index contributed by atoms with van der Waals surface area (Å²) in [4.78, 5) is 31.7. The Hall–Kier alpha value is -5.21. The number of rotatable bonds is 8. The standard InChI is InChI=1S/C35H27N3O4S/c1-24-11-16-28(17-12-24)36-35-37(22-25-7-3-2-4-8-25)34(39)33(43-35)21-31-30-10-6-5-9-27(30)15-20-32(31)42-23-26-13-18-29(19-14-26)38(40)41/h2-21H,22-23H2,1H3/b33-21+,36-35?. The van der Waals surface area contributed by atoms with E-state index in [1.807, 2.05) is 104 Å². The smallest absolute Gasteiger partial charge is 0.269 e. The maximum absolute atomic E-state index is 13.9. The zero-order valence-corrected chi connectivity index (χ0v) is 24.2. The van der Waals surface area contributed by atoms with Crippen molar-refractivity contribution in [1.29, 1.82) is 0 Å². The summed E-state index contributed by atoms with van der Waals surface area (Å²) in [5.74, 6) is 0.477. The molecular weight excluding hydrogens is 558 g/mol. The minimum Gasteiger partial charge on any atom is -0.488 e. The highest BCUT2D eigenvalue weighted by molar-refractivity contribution is 8.18. The normalized spacial score (nSPS) is 15.0. The van der Waals surface area contributed by atoms with Crippen LogP contribution in [0.2, 0.25) is 0 Å². The van der Waals surface area contributed by atoms with Crippen LogP contribution in [0.1, 0.15) is 22.3 Å². The highest BCUT2D eigenvalue weighted by atomic mass is 32.2. The van der Waals surface area contributed by atoms with Gasteiger partial charge in [0.05, 0.1) is 22.1 Å². The third-order valence-corrected chi connectivity index (χ3v) is 8.08. The van der Waals surface area contributed by atoms with Gasteiger partial charge < -0.3 is 4.74 Å². The molecule has 0 aromatic heterocycles. The molecule has 0 unspecified atom stereocenters. The number of aryl methyl sites for hydroxylation is 1. The summed E-state index contributed by atoms with van der Waals surface area (Å²) in [6, 6.07) is 35.9. The number of non-ortho nitro benzene ring substituents is 1. The lowest BCUT2D eigenvalue weighted by Crippen LogP contribution is -2.28. The van der Waals surface area contributed by atoms with Gasteiger partial charge in [-0.15, -0.1) is 0 Å².